The van der Waals surface area contributed by atoms with Crippen molar-refractivity contribution in [3.8, 4) is 11.5 Å². The van der Waals surface area contributed by atoms with Crippen molar-refractivity contribution < 1.29 is 28.5 Å². The third-order valence-corrected chi connectivity index (χ3v) is 9.87. The summed E-state index contributed by atoms with van der Waals surface area (Å²) in [5.41, 5.74) is 0.565. The fourth-order valence-corrected chi connectivity index (χ4v) is 3.54. The van der Waals surface area contributed by atoms with E-state index in [0.29, 0.717) is 30.1 Å². The highest BCUT2D eigenvalue weighted by molar-refractivity contribution is 6.74. The average molecular weight is 399 g/mol. The molecule has 1 rings (SSSR count). The van der Waals surface area contributed by atoms with Gasteiger partial charge in [0.25, 0.3) is 0 Å². The Balaban J connectivity index is 2.95. The molecule has 0 saturated carbocycles. The van der Waals surface area contributed by atoms with Crippen LogP contribution >= 0.6 is 0 Å². The number of aliphatic hydroxyl groups excluding tert-OH is 1. The van der Waals surface area contributed by atoms with E-state index in [-0.39, 0.29) is 5.04 Å². The second kappa shape index (κ2) is 9.57. The summed E-state index contributed by atoms with van der Waals surface area (Å²) in [7, 11) is 2.47. The van der Waals surface area contributed by atoms with Crippen LogP contribution in [-0.2, 0) is 14.0 Å². The van der Waals surface area contributed by atoms with Crippen molar-refractivity contribution in [2.75, 3.05) is 27.9 Å². The van der Waals surface area contributed by atoms with E-state index in [0.717, 1.165) is 0 Å². The van der Waals surface area contributed by atoms with Gasteiger partial charge >= 0.3 is 5.97 Å². The molecule has 2 atom stereocenters. The van der Waals surface area contributed by atoms with Crippen LogP contribution in [0.25, 0.3) is 0 Å². The van der Waals surface area contributed by atoms with E-state index < -0.39 is 26.3 Å². The van der Waals surface area contributed by atoms with Gasteiger partial charge in [0.05, 0.1) is 33.4 Å². The molecule has 0 saturated heterocycles. The van der Waals surface area contributed by atoms with Gasteiger partial charge in [0, 0.05) is 6.61 Å². The first-order valence-electron chi connectivity index (χ1n) is 9.10. The molecular weight excluding hydrogens is 364 g/mol. The smallest absolute Gasteiger partial charge is 0.311 e. The number of esters is 1. The van der Waals surface area contributed by atoms with Gasteiger partial charge < -0.3 is 23.7 Å². The summed E-state index contributed by atoms with van der Waals surface area (Å²) in [6.45, 7) is 11.2. The minimum absolute atomic E-state index is 0.0791. The Bertz CT molecular complexity index is 623. The maximum absolute atomic E-state index is 12.3. The number of hydrogen-bond donors (Lipinski definition) is 1. The molecule has 1 aromatic carbocycles. The largest absolute Gasteiger partial charge is 0.493 e. The van der Waals surface area contributed by atoms with Gasteiger partial charge in [0.2, 0.25) is 0 Å². The standard InChI is InChI=1S/C20H34O6Si/c1-20(2,3)27(7,8)26-12-11-15(19(22)25-6)18(21)14-9-10-16(23-4)17(13-14)24-5/h9-10,13,15,18,21H,11-12H2,1-8H3/t15-,18-/m0/s1. The molecule has 0 heterocycles. The number of aliphatic hydroxyl groups is 1. The van der Waals surface area contributed by atoms with E-state index in [9.17, 15) is 9.90 Å². The summed E-state index contributed by atoms with van der Waals surface area (Å²) in [5, 5.41) is 10.9. The zero-order valence-corrected chi connectivity index (χ0v) is 18.8. The molecule has 0 radical (unpaired) electrons. The quantitative estimate of drug-likeness (QED) is 0.502. The third kappa shape index (κ3) is 5.95. The van der Waals surface area contributed by atoms with E-state index >= 15 is 0 Å². The first-order valence-corrected chi connectivity index (χ1v) is 12.0. The Labute approximate surface area is 163 Å². The predicted molar refractivity (Wildman–Crippen MR) is 108 cm³/mol. The normalized spacial score (nSPS) is 14.4. The molecule has 7 heteroatoms. The monoisotopic (exact) mass is 398 g/mol. The molecule has 27 heavy (non-hydrogen) atoms. The fourth-order valence-electron chi connectivity index (χ4n) is 2.48. The molecule has 0 bridgehead atoms. The van der Waals surface area contributed by atoms with Crippen molar-refractivity contribution in [2.45, 2.75) is 51.4 Å². The zero-order chi connectivity index (χ0) is 20.8. The van der Waals surface area contributed by atoms with Crippen LogP contribution in [-0.4, -0.2) is 47.3 Å². The maximum atomic E-state index is 12.3. The van der Waals surface area contributed by atoms with Crippen molar-refractivity contribution in [1.29, 1.82) is 0 Å². The molecule has 0 aromatic heterocycles. The van der Waals surface area contributed by atoms with Crippen LogP contribution < -0.4 is 9.47 Å². The Morgan fingerprint density at radius 3 is 2.19 bits per heavy atom. The van der Waals surface area contributed by atoms with Crippen LogP contribution in [0.3, 0.4) is 0 Å². The first-order chi connectivity index (χ1) is 12.5. The third-order valence-electron chi connectivity index (χ3n) is 5.33. The average Bonchev–Trinajstić information content (AvgIpc) is 2.62. The number of carbonyl (C=O) groups excluding carboxylic acids is 1. The lowest BCUT2D eigenvalue weighted by Crippen LogP contribution is -2.41. The molecule has 0 aliphatic rings. The lowest BCUT2D eigenvalue weighted by Gasteiger charge is -2.36. The van der Waals surface area contributed by atoms with Gasteiger partial charge in [-0.1, -0.05) is 26.8 Å². The molecule has 0 fully saturated rings. The molecule has 0 spiro atoms. The molecule has 154 valence electrons. The minimum Gasteiger partial charge on any atom is -0.493 e. The molecule has 0 aliphatic heterocycles. The van der Waals surface area contributed by atoms with Gasteiger partial charge in [-0.15, -0.1) is 0 Å². The molecule has 0 amide bonds. The highest BCUT2D eigenvalue weighted by atomic mass is 28.4. The maximum Gasteiger partial charge on any atom is 0.311 e. The number of ether oxygens (including phenoxy) is 3. The van der Waals surface area contributed by atoms with Crippen molar-refractivity contribution in [1.82, 2.24) is 0 Å². The number of hydrogen-bond acceptors (Lipinski definition) is 6. The summed E-state index contributed by atoms with van der Waals surface area (Å²) in [4.78, 5) is 12.3. The summed E-state index contributed by atoms with van der Waals surface area (Å²) in [5.74, 6) is -0.131. The number of carbonyl (C=O) groups is 1. The van der Waals surface area contributed by atoms with Gasteiger partial charge in [-0.3, -0.25) is 4.79 Å². The van der Waals surface area contributed by atoms with Gasteiger partial charge in [0.1, 0.15) is 0 Å². The van der Waals surface area contributed by atoms with Crippen LogP contribution in [0.5, 0.6) is 11.5 Å². The Hall–Kier alpha value is -1.57. The van der Waals surface area contributed by atoms with Crippen molar-refractivity contribution in [2.24, 2.45) is 5.92 Å². The van der Waals surface area contributed by atoms with Crippen LogP contribution in [0.15, 0.2) is 18.2 Å². The minimum atomic E-state index is -1.93. The zero-order valence-electron chi connectivity index (χ0n) is 17.8. The Morgan fingerprint density at radius 1 is 1.11 bits per heavy atom. The van der Waals surface area contributed by atoms with E-state index in [1.165, 1.54) is 14.2 Å². The van der Waals surface area contributed by atoms with E-state index in [4.69, 9.17) is 18.6 Å². The predicted octanol–water partition coefficient (Wildman–Crippen LogP) is 3.94. The van der Waals surface area contributed by atoms with Gasteiger partial charge in [-0.25, -0.2) is 0 Å². The van der Waals surface area contributed by atoms with E-state index in [1.807, 2.05) is 0 Å². The van der Waals surface area contributed by atoms with Crippen LogP contribution in [0.4, 0.5) is 0 Å². The lowest BCUT2D eigenvalue weighted by atomic mass is 9.93. The van der Waals surface area contributed by atoms with E-state index in [1.54, 1.807) is 25.3 Å². The van der Waals surface area contributed by atoms with Crippen LogP contribution in [0, 0.1) is 5.92 Å². The summed E-state index contributed by atoms with van der Waals surface area (Å²) in [6.07, 6.45) is -0.658. The van der Waals surface area contributed by atoms with Gasteiger partial charge in [0.15, 0.2) is 19.8 Å². The molecule has 6 nitrogen and oxygen atoms in total. The highest BCUT2D eigenvalue weighted by Crippen LogP contribution is 2.37. The molecule has 0 aliphatic carbocycles. The first kappa shape index (κ1) is 23.5. The fraction of sp³-hybridized carbons (Fsp3) is 0.650. The Morgan fingerprint density at radius 2 is 1.70 bits per heavy atom. The summed E-state index contributed by atoms with van der Waals surface area (Å²) >= 11 is 0. The summed E-state index contributed by atoms with van der Waals surface area (Å²) in [6, 6.07) is 5.10. The van der Waals surface area contributed by atoms with Crippen molar-refractivity contribution in [3.63, 3.8) is 0 Å². The Kier molecular flexibility index (Phi) is 8.32. The lowest BCUT2D eigenvalue weighted by molar-refractivity contribution is -0.150. The van der Waals surface area contributed by atoms with Crippen molar-refractivity contribution in [3.05, 3.63) is 23.8 Å². The van der Waals surface area contributed by atoms with Crippen LogP contribution in [0.2, 0.25) is 18.1 Å². The molecule has 0 unspecified atom stereocenters. The number of benzene rings is 1. The second-order valence-electron chi connectivity index (χ2n) is 8.09. The SMILES string of the molecule is COC(=O)[C@@H](CCO[Si](C)(C)C(C)(C)C)[C@@H](O)c1ccc(OC)c(OC)c1. The second-order valence-corrected chi connectivity index (χ2v) is 12.9. The number of rotatable bonds is 9. The number of methoxy groups -OCH3 is 3. The summed E-state index contributed by atoms with van der Waals surface area (Å²) < 4.78 is 21.6. The highest BCUT2D eigenvalue weighted by Gasteiger charge is 2.38. The van der Waals surface area contributed by atoms with E-state index in [2.05, 4.69) is 33.9 Å². The van der Waals surface area contributed by atoms with Crippen molar-refractivity contribution >= 4 is 14.3 Å². The molecular formula is C20H34O6Si. The van der Waals surface area contributed by atoms with Gasteiger partial charge in [-0.2, -0.15) is 0 Å². The topological polar surface area (TPSA) is 74.2 Å². The molecule has 1 aromatic rings. The molecule has 1 N–H and O–H groups in total. The van der Waals surface area contributed by atoms with Gasteiger partial charge in [-0.05, 0) is 42.2 Å². The van der Waals surface area contributed by atoms with Crippen LogP contribution in [0.1, 0.15) is 38.9 Å².